The van der Waals surface area contributed by atoms with E-state index in [1.54, 1.807) is 11.3 Å². The SMILES string of the molecule is CCOc1ccc(C)cc1C(NC)c1csc(Br)c1. The van der Waals surface area contributed by atoms with Crippen LogP contribution in [0.15, 0.2) is 33.4 Å². The summed E-state index contributed by atoms with van der Waals surface area (Å²) < 4.78 is 6.90. The molecular weight excluding hydrogens is 322 g/mol. The molecule has 0 aliphatic rings. The van der Waals surface area contributed by atoms with Crippen molar-refractivity contribution in [3.05, 3.63) is 50.1 Å². The summed E-state index contributed by atoms with van der Waals surface area (Å²) in [7, 11) is 1.98. The van der Waals surface area contributed by atoms with E-state index in [0.29, 0.717) is 6.61 Å². The van der Waals surface area contributed by atoms with E-state index >= 15 is 0 Å². The van der Waals surface area contributed by atoms with Crippen molar-refractivity contribution in [2.75, 3.05) is 13.7 Å². The molecule has 1 heterocycles. The maximum Gasteiger partial charge on any atom is 0.124 e. The average Bonchev–Trinajstić information content (AvgIpc) is 2.80. The molecule has 0 saturated carbocycles. The summed E-state index contributed by atoms with van der Waals surface area (Å²) in [5.74, 6) is 0.953. The highest BCUT2D eigenvalue weighted by Crippen LogP contribution is 2.34. The minimum absolute atomic E-state index is 0.156. The third-order valence-corrected chi connectivity index (χ3v) is 4.51. The molecule has 1 atom stereocenters. The molecular formula is C15H18BrNOS. The standard InChI is InChI=1S/C15H18BrNOS/c1-4-18-13-6-5-10(2)7-12(13)15(17-3)11-8-14(16)19-9-11/h5-9,15,17H,4H2,1-3H3. The summed E-state index contributed by atoms with van der Waals surface area (Å²) >= 11 is 5.23. The number of aryl methyl sites for hydroxylation is 1. The van der Waals surface area contributed by atoms with Crippen molar-refractivity contribution >= 4 is 27.3 Å². The molecule has 0 aliphatic heterocycles. The third kappa shape index (κ3) is 3.38. The number of ether oxygens (including phenoxy) is 1. The predicted octanol–water partition coefficient (Wildman–Crippen LogP) is 4.53. The van der Waals surface area contributed by atoms with Gasteiger partial charge in [0.25, 0.3) is 0 Å². The number of halogens is 1. The minimum Gasteiger partial charge on any atom is -0.494 e. The van der Waals surface area contributed by atoms with E-state index in [-0.39, 0.29) is 6.04 Å². The van der Waals surface area contributed by atoms with Gasteiger partial charge in [0.1, 0.15) is 5.75 Å². The number of benzene rings is 1. The molecule has 2 nitrogen and oxygen atoms in total. The van der Waals surface area contributed by atoms with Crippen LogP contribution >= 0.6 is 27.3 Å². The summed E-state index contributed by atoms with van der Waals surface area (Å²) in [4.78, 5) is 0. The molecule has 0 spiro atoms. The van der Waals surface area contributed by atoms with E-state index < -0.39 is 0 Å². The molecule has 1 aromatic carbocycles. The highest BCUT2D eigenvalue weighted by Gasteiger charge is 2.18. The normalized spacial score (nSPS) is 12.4. The first-order valence-electron chi connectivity index (χ1n) is 6.30. The molecule has 0 fully saturated rings. The zero-order chi connectivity index (χ0) is 13.8. The highest BCUT2D eigenvalue weighted by atomic mass is 79.9. The summed E-state index contributed by atoms with van der Waals surface area (Å²) in [5, 5.41) is 5.55. The fraction of sp³-hybridized carbons (Fsp3) is 0.333. The van der Waals surface area contributed by atoms with Crippen molar-refractivity contribution in [1.29, 1.82) is 0 Å². The Hall–Kier alpha value is -0.840. The van der Waals surface area contributed by atoms with Crippen LogP contribution in [0.1, 0.15) is 29.7 Å². The van der Waals surface area contributed by atoms with E-state index in [9.17, 15) is 0 Å². The maximum absolute atomic E-state index is 5.75. The molecule has 1 N–H and O–H groups in total. The molecule has 0 radical (unpaired) electrons. The van der Waals surface area contributed by atoms with E-state index in [1.807, 2.05) is 14.0 Å². The van der Waals surface area contributed by atoms with Crippen LogP contribution < -0.4 is 10.1 Å². The van der Waals surface area contributed by atoms with Gasteiger partial charge >= 0.3 is 0 Å². The molecule has 0 bridgehead atoms. The molecule has 1 aromatic heterocycles. The van der Waals surface area contributed by atoms with Crippen LogP contribution in [0.5, 0.6) is 5.75 Å². The second-order valence-corrected chi connectivity index (χ2v) is 6.67. The van der Waals surface area contributed by atoms with Crippen LogP contribution in [0.2, 0.25) is 0 Å². The largest absolute Gasteiger partial charge is 0.494 e. The lowest BCUT2D eigenvalue weighted by molar-refractivity contribution is 0.334. The quantitative estimate of drug-likeness (QED) is 0.864. The molecule has 19 heavy (non-hydrogen) atoms. The van der Waals surface area contributed by atoms with E-state index in [0.717, 1.165) is 9.54 Å². The van der Waals surface area contributed by atoms with Crippen molar-refractivity contribution < 1.29 is 4.74 Å². The number of hydrogen-bond acceptors (Lipinski definition) is 3. The van der Waals surface area contributed by atoms with E-state index in [1.165, 1.54) is 16.7 Å². The first kappa shape index (κ1) is 14.6. The van der Waals surface area contributed by atoms with E-state index in [4.69, 9.17) is 4.74 Å². The second-order valence-electron chi connectivity index (χ2n) is 4.38. The van der Waals surface area contributed by atoms with Gasteiger partial charge in [-0.3, -0.25) is 0 Å². The van der Waals surface area contributed by atoms with Gasteiger partial charge in [-0.2, -0.15) is 0 Å². The van der Waals surface area contributed by atoms with Gasteiger partial charge in [0, 0.05) is 5.56 Å². The Morgan fingerprint density at radius 3 is 2.74 bits per heavy atom. The zero-order valence-electron chi connectivity index (χ0n) is 11.4. The summed E-state index contributed by atoms with van der Waals surface area (Å²) in [6, 6.07) is 8.65. The Bertz CT molecular complexity index is 553. The summed E-state index contributed by atoms with van der Waals surface area (Å²) in [5.41, 5.74) is 3.69. The van der Waals surface area contributed by atoms with Gasteiger partial charge in [0.15, 0.2) is 0 Å². The Balaban J connectivity index is 2.44. The first-order chi connectivity index (χ1) is 9.15. The number of thiophene rings is 1. The van der Waals surface area contributed by atoms with Crippen molar-refractivity contribution in [2.24, 2.45) is 0 Å². The average molecular weight is 340 g/mol. The maximum atomic E-state index is 5.75. The second kappa shape index (κ2) is 6.55. The minimum atomic E-state index is 0.156. The Labute approximate surface area is 126 Å². The van der Waals surface area contributed by atoms with Gasteiger partial charge in [0.05, 0.1) is 16.4 Å². The van der Waals surface area contributed by atoms with Crippen LogP contribution in [0, 0.1) is 6.92 Å². The van der Waals surface area contributed by atoms with Crippen LogP contribution in [0.25, 0.3) is 0 Å². The Kier molecular flexibility index (Phi) is 5.02. The highest BCUT2D eigenvalue weighted by molar-refractivity contribution is 9.11. The number of hydrogen-bond donors (Lipinski definition) is 1. The third-order valence-electron chi connectivity index (χ3n) is 2.99. The lowest BCUT2D eigenvalue weighted by atomic mass is 9.98. The Morgan fingerprint density at radius 1 is 1.37 bits per heavy atom. The zero-order valence-corrected chi connectivity index (χ0v) is 13.8. The van der Waals surface area contributed by atoms with Crippen molar-refractivity contribution in [2.45, 2.75) is 19.9 Å². The monoisotopic (exact) mass is 339 g/mol. The number of rotatable bonds is 5. The van der Waals surface area contributed by atoms with Gasteiger partial charge in [-0.25, -0.2) is 0 Å². The first-order valence-corrected chi connectivity index (χ1v) is 7.97. The van der Waals surface area contributed by atoms with Crippen LogP contribution in [-0.4, -0.2) is 13.7 Å². The van der Waals surface area contributed by atoms with Gasteiger partial charge in [0.2, 0.25) is 0 Å². The molecule has 0 saturated heterocycles. The van der Waals surface area contributed by atoms with Gasteiger partial charge in [-0.05, 0) is 59.9 Å². The number of nitrogens with one attached hydrogen (secondary N) is 1. The predicted molar refractivity (Wildman–Crippen MR) is 85.3 cm³/mol. The molecule has 2 rings (SSSR count). The topological polar surface area (TPSA) is 21.3 Å². The van der Waals surface area contributed by atoms with Crippen LogP contribution in [-0.2, 0) is 0 Å². The molecule has 4 heteroatoms. The Morgan fingerprint density at radius 2 is 2.16 bits per heavy atom. The van der Waals surface area contributed by atoms with Crippen molar-refractivity contribution in [3.8, 4) is 5.75 Å². The van der Waals surface area contributed by atoms with Crippen LogP contribution in [0.3, 0.4) is 0 Å². The molecule has 0 aliphatic carbocycles. The van der Waals surface area contributed by atoms with Crippen LogP contribution in [0.4, 0.5) is 0 Å². The van der Waals surface area contributed by atoms with Gasteiger partial charge in [-0.15, -0.1) is 11.3 Å². The summed E-state index contributed by atoms with van der Waals surface area (Å²) in [6.07, 6.45) is 0. The van der Waals surface area contributed by atoms with Crippen molar-refractivity contribution in [3.63, 3.8) is 0 Å². The van der Waals surface area contributed by atoms with Gasteiger partial charge in [-0.1, -0.05) is 17.7 Å². The molecule has 2 aromatic rings. The lowest BCUT2D eigenvalue weighted by Gasteiger charge is -2.20. The fourth-order valence-corrected chi connectivity index (χ4v) is 3.36. The molecule has 1 unspecified atom stereocenters. The lowest BCUT2D eigenvalue weighted by Crippen LogP contribution is -2.18. The summed E-state index contributed by atoms with van der Waals surface area (Å²) in [6.45, 7) is 4.80. The molecule has 0 amide bonds. The molecule has 102 valence electrons. The van der Waals surface area contributed by atoms with Crippen molar-refractivity contribution in [1.82, 2.24) is 5.32 Å². The van der Waals surface area contributed by atoms with E-state index in [2.05, 4.69) is 57.8 Å². The smallest absolute Gasteiger partial charge is 0.124 e. The van der Waals surface area contributed by atoms with Gasteiger partial charge < -0.3 is 10.1 Å². The fourth-order valence-electron chi connectivity index (χ4n) is 2.16.